The number of pyridine rings is 1. The Hall–Kier alpha value is -2.77. The summed E-state index contributed by atoms with van der Waals surface area (Å²) in [6.45, 7) is 12.5. The van der Waals surface area contributed by atoms with Gasteiger partial charge in [-0.05, 0) is 99.8 Å². The number of ketones is 1. The summed E-state index contributed by atoms with van der Waals surface area (Å²) in [6, 6.07) is 13.9. The van der Waals surface area contributed by atoms with Crippen LogP contribution in [-0.4, -0.2) is 75.7 Å². The summed E-state index contributed by atoms with van der Waals surface area (Å²) in [6.07, 6.45) is 14.5. The fourth-order valence-corrected chi connectivity index (χ4v) is 7.90. The van der Waals surface area contributed by atoms with E-state index in [9.17, 15) is 4.79 Å². The zero-order valence-corrected chi connectivity index (χ0v) is 28.2. The van der Waals surface area contributed by atoms with Gasteiger partial charge in [0.2, 0.25) is 0 Å². The molecule has 3 aliphatic rings. The summed E-state index contributed by atoms with van der Waals surface area (Å²) in [5.74, 6) is 2.15. The molecule has 0 bridgehead atoms. The number of anilines is 1. The number of nitrogens with zero attached hydrogens (tertiary/aromatic N) is 6. The van der Waals surface area contributed by atoms with Gasteiger partial charge in [0.05, 0.1) is 5.39 Å². The number of benzene rings is 1. The van der Waals surface area contributed by atoms with E-state index < -0.39 is 0 Å². The van der Waals surface area contributed by atoms with Crippen LogP contribution in [0.5, 0.6) is 0 Å². The Labute approximate surface area is 271 Å². The van der Waals surface area contributed by atoms with Gasteiger partial charge in [-0.1, -0.05) is 70.2 Å². The van der Waals surface area contributed by atoms with Gasteiger partial charge >= 0.3 is 0 Å². The minimum absolute atomic E-state index is 0.174. The summed E-state index contributed by atoms with van der Waals surface area (Å²) < 4.78 is 1.83. The van der Waals surface area contributed by atoms with Crippen molar-refractivity contribution in [2.45, 2.75) is 109 Å². The van der Waals surface area contributed by atoms with Gasteiger partial charge in [-0.15, -0.1) is 0 Å². The van der Waals surface area contributed by atoms with E-state index in [1.807, 2.05) is 11.7 Å². The first-order valence-electron chi connectivity index (χ1n) is 18.1. The molecule has 1 aliphatic carbocycles. The van der Waals surface area contributed by atoms with Gasteiger partial charge in [-0.25, -0.2) is 9.67 Å². The molecule has 4 heterocycles. The third kappa shape index (κ3) is 8.15. The monoisotopic (exact) mass is 612 g/mol. The Bertz CT molecular complexity index is 1380. The van der Waals surface area contributed by atoms with Crippen molar-refractivity contribution in [1.82, 2.24) is 24.6 Å². The fourth-order valence-electron chi connectivity index (χ4n) is 7.90. The Balaban J connectivity index is 1.13. The standard InChI is InChI=1S/C38H56N6O/c1-29(2)32-15-13-31(14-16-32)28-44(33-11-7-4-5-8-12-33)36-18-17-34-37(40-41(3)38(34)39-36)35(45)27-30-19-23-43(24-20-30)26-25-42-21-9-6-10-22-42/h13-18,29-30,33H,4-12,19-28H2,1-3H3. The number of aryl methyl sites for hydroxylation is 1. The van der Waals surface area contributed by atoms with E-state index in [1.54, 1.807) is 0 Å². The molecular weight excluding hydrogens is 556 g/mol. The second-order valence-electron chi connectivity index (χ2n) is 14.5. The molecular formula is C38H56N6O. The second kappa shape index (κ2) is 15.2. The van der Waals surface area contributed by atoms with Crippen LogP contribution in [0.3, 0.4) is 0 Å². The summed E-state index contributed by atoms with van der Waals surface area (Å²) >= 11 is 0. The predicted octanol–water partition coefficient (Wildman–Crippen LogP) is 7.59. The Morgan fingerprint density at radius 1 is 0.822 bits per heavy atom. The molecule has 0 amide bonds. The van der Waals surface area contributed by atoms with E-state index in [0.717, 1.165) is 49.3 Å². The van der Waals surface area contributed by atoms with E-state index in [1.165, 1.54) is 95.1 Å². The first kappa shape index (κ1) is 32.2. The number of rotatable bonds is 11. The third-order valence-electron chi connectivity index (χ3n) is 10.9. The number of likely N-dealkylation sites (tertiary alicyclic amines) is 2. The SMILES string of the molecule is CC(C)c1ccc(CN(c2ccc3c(C(=O)CC4CCN(CCN5CCCCC5)CC4)nn(C)c3n2)C2CCCCCC2)cc1. The van der Waals surface area contributed by atoms with Crippen LogP contribution in [0, 0.1) is 5.92 Å². The smallest absolute Gasteiger partial charge is 0.184 e. The number of aromatic nitrogens is 3. The molecule has 3 aromatic rings. The molecule has 45 heavy (non-hydrogen) atoms. The number of fused-ring (bicyclic) bond motifs is 1. The maximum Gasteiger partial charge on any atom is 0.184 e. The van der Waals surface area contributed by atoms with E-state index in [4.69, 9.17) is 10.1 Å². The molecule has 2 aromatic heterocycles. The van der Waals surface area contributed by atoms with E-state index in [2.05, 4.69) is 64.9 Å². The molecule has 1 aromatic carbocycles. The molecule has 0 spiro atoms. The maximum atomic E-state index is 13.6. The van der Waals surface area contributed by atoms with Crippen LogP contribution < -0.4 is 4.90 Å². The highest BCUT2D eigenvalue weighted by Crippen LogP contribution is 2.31. The number of hydrogen-bond acceptors (Lipinski definition) is 6. The first-order valence-corrected chi connectivity index (χ1v) is 18.1. The van der Waals surface area contributed by atoms with E-state index >= 15 is 0 Å². The summed E-state index contributed by atoms with van der Waals surface area (Å²) in [5.41, 5.74) is 4.12. The lowest BCUT2D eigenvalue weighted by Gasteiger charge is -2.34. The van der Waals surface area contributed by atoms with Crippen LogP contribution in [0.2, 0.25) is 0 Å². The van der Waals surface area contributed by atoms with Crippen LogP contribution in [0.25, 0.3) is 11.0 Å². The van der Waals surface area contributed by atoms with Gasteiger partial charge in [0.15, 0.2) is 11.4 Å². The minimum Gasteiger partial charge on any atom is -0.349 e. The molecule has 2 saturated heterocycles. The fraction of sp³-hybridized carbons (Fsp3) is 0.658. The summed E-state index contributed by atoms with van der Waals surface area (Å²) in [5, 5.41) is 5.66. The van der Waals surface area contributed by atoms with E-state index in [-0.39, 0.29) is 5.78 Å². The van der Waals surface area contributed by atoms with Gasteiger partial charge in [0, 0.05) is 39.1 Å². The molecule has 6 rings (SSSR count). The lowest BCUT2D eigenvalue weighted by Crippen LogP contribution is -2.41. The van der Waals surface area contributed by atoms with Crippen LogP contribution >= 0.6 is 0 Å². The number of piperidine rings is 2. The number of carbonyl (C=O) groups is 1. The molecule has 3 fully saturated rings. The molecule has 2 aliphatic heterocycles. The molecule has 7 heteroatoms. The van der Waals surface area contributed by atoms with Crippen LogP contribution in [-0.2, 0) is 13.6 Å². The largest absolute Gasteiger partial charge is 0.349 e. The number of carbonyl (C=O) groups excluding carboxylic acids is 1. The van der Waals surface area contributed by atoms with Crippen LogP contribution in [0.15, 0.2) is 36.4 Å². The molecule has 1 saturated carbocycles. The zero-order chi connectivity index (χ0) is 31.2. The predicted molar refractivity (Wildman–Crippen MR) is 185 cm³/mol. The maximum absolute atomic E-state index is 13.6. The highest BCUT2D eigenvalue weighted by atomic mass is 16.1. The lowest BCUT2D eigenvalue weighted by molar-refractivity contribution is 0.0915. The highest BCUT2D eigenvalue weighted by molar-refractivity contribution is 6.05. The lowest BCUT2D eigenvalue weighted by atomic mass is 9.90. The van der Waals surface area contributed by atoms with Crippen molar-refractivity contribution in [3.05, 3.63) is 53.2 Å². The molecule has 0 N–H and O–H groups in total. The molecule has 7 nitrogen and oxygen atoms in total. The molecule has 0 unspecified atom stereocenters. The van der Waals surface area contributed by atoms with Gasteiger partial charge in [-0.3, -0.25) is 4.79 Å². The van der Waals surface area contributed by atoms with Crippen molar-refractivity contribution >= 4 is 22.6 Å². The van der Waals surface area contributed by atoms with Crippen molar-refractivity contribution < 1.29 is 4.79 Å². The molecule has 0 radical (unpaired) electrons. The highest BCUT2D eigenvalue weighted by Gasteiger charge is 2.27. The van der Waals surface area contributed by atoms with Crippen LogP contribution in [0.4, 0.5) is 5.82 Å². The topological polar surface area (TPSA) is 57.5 Å². The van der Waals surface area contributed by atoms with Crippen molar-refractivity contribution in [3.63, 3.8) is 0 Å². The van der Waals surface area contributed by atoms with Gasteiger partial charge in [0.25, 0.3) is 0 Å². The van der Waals surface area contributed by atoms with Gasteiger partial charge in [0.1, 0.15) is 11.5 Å². The Morgan fingerprint density at radius 2 is 1.47 bits per heavy atom. The van der Waals surface area contributed by atoms with E-state index in [0.29, 0.717) is 30.0 Å². The normalized spacial score (nSPS) is 19.7. The molecule has 0 atom stereocenters. The number of hydrogen-bond donors (Lipinski definition) is 0. The quantitative estimate of drug-likeness (QED) is 0.164. The summed E-state index contributed by atoms with van der Waals surface area (Å²) in [4.78, 5) is 26.6. The van der Waals surface area contributed by atoms with Crippen LogP contribution in [0.1, 0.15) is 118 Å². The summed E-state index contributed by atoms with van der Waals surface area (Å²) in [7, 11) is 1.94. The first-order chi connectivity index (χ1) is 21.9. The van der Waals surface area contributed by atoms with Crippen molar-refractivity contribution in [2.75, 3.05) is 44.2 Å². The zero-order valence-electron chi connectivity index (χ0n) is 28.2. The molecule has 244 valence electrons. The van der Waals surface area contributed by atoms with Gasteiger partial charge in [-0.2, -0.15) is 5.10 Å². The second-order valence-corrected chi connectivity index (χ2v) is 14.5. The van der Waals surface area contributed by atoms with Crippen molar-refractivity contribution in [1.29, 1.82) is 0 Å². The number of Topliss-reactive ketones (excluding diaryl/α,β-unsaturated/α-hetero) is 1. The van der Waals surface area contributed by atoms with Crippen molar-refractivity contribution in [3.8, 4) is 0 Å². The van der Waals surface area contributed by atoms with Crippen molar-refractivity contribution in [2.24, 2.45) is 13.0 Å². The Kier molecular flexibility index (Phi) is 10.9. The Morgan fingerprint density at radius 3 is 2.13 bits per heavy atom. The third-order valence-corrected chi connectivity index (χ3v) is 10.9. The minimum atomic E-state index is 0.174. The average molecular weight is 613 g/mol. The average Bonchev–Trinajstić information content (AvgIpc) is 3.20. The van der Waals surface area contributed by atoms with Gasteiger partial charge < -0.3 is 14.7 Å².